The predicted molar refractivity (Wildman–Crippen MR) is 111 cm³/mol. The summed E-state index contributed by atoms with van der Waals surface area (Å²) in [7, 11) is 0. The lowest BCUT2D eigenvalue weighted by molar-refractivity contribution is -0.136. The molecule has 0 saturated carbocycles. The summed E-state index contributed by atoms with van der Waals surface area (Å²) in [5.41, 5.74) is 8.23. The Morgan fingerprint density at radius 2 is 2.00 bits per heavy atom. The lowest BCUT2D eigenvalue weighted by Crippen LogP contribution is -2.48. The average Bonchev–Trinajstić information content (AvgIpc) is 2.85. The van der Waals surface area contributed by atoms with Gasteiger partial charge in [-0.3, -0.25) is 4.79 Å². The summed E-state index contributed by atoms with van der Waals surface area (Å²) in [6, 6.07) is 12.8. The maximum atomic E-state index is 13.0. The van der Waals surface area contributed by atoms with Crippen LogP contribution in [0.15, 0.2) is 36.4 Å². The fourth-order valence-corrected chi connectivity index (χ4v) is 4.73. The molecule has 3 fully saturated rings. The summed E-state index contributed by atoms with van der Waals surface area (Å²) in [4.78, 5) is 17.6. The number of nitrogens with zero attached hydrogens (tertiary/aromatic N) is 4. The minimum absolute atomic E-state index is 0.149. The van der Waals surface area contributed by atoms with Crippen LogP contribution in [0.25, 0.3) is 0 Å². The maximum absolute atomic E-state index is 13.0. The largest absolute Gasteiger partial charge is 0.384 e. The Hall–Kier alpha value is -2.34. The number of hydrogen-bond donors (Lipinski definition) is 1. The molecule has 1 aromatic carbocycles. The molecule has 0 aliphatic carbocycles. The number of benzene rings is 1. The first-order chi connectivity index (χ1) is 13.6. The number of aryl methyl sites for hydroxylation is 2. The molecule has 1 aromatic heterocycles. The van der Waals surface area contributed by atoms with Crippen LogP contribution in [0.5, 0.6) is 0 Å². The van der Waals surface area contributed by atoms with Gasteiger partial charge in [-0.05, 0) is 50.6 Å². The number of carbonyl (C=O) groups excluding carboxylic acids is 1. The number of hydrogen-bond acceptors (Lipinski definition) is 4. The third-order valence-electron chi connectivity index (χ3n) is 6.11. The number of aromatic nitrogens is 2. The van der Waals surface area contributed by atoms with Gasteiger partial charge in [0.1, 0.15) is 12.4 Å². The molecule has 6 heteroatoms. The number of nitrogen functional groups attached to an aromatic ring is 1. The van der Waals surface area contributed by atoms with Crippen molar-refractivity contribution in [3.8, 4) is 0 Å². The molecule has 28 heavy (non-hydrogen) atoms. The molecule has 3 saturated heterocycles. The molecule has 3 aliphatic heterocycles. The molecule has 150 valence electrons. The number of nitrogens with two attached hydrogens (primary N) is 1. The quantitative estimate of drug-likeness (QED) is 0.834. The zero-order valence-corrected chi connectivity index (χ0v) is 16.8. The van der Waals surface area contributed by atoms with Crippen LogP contribution in [-0.2, 0) is 17.8 Å². The van der Waals surface area contributed by atoms with Crippen LogP contribution >= 0.6 is 0 Å². The van der Waals surface area contributed by atoms with Gasteiger partial charge in [0.2, 0.25) is 5.91 Å². The Labute approximate surface area is 167 Å². The number of carbonyl (C=O) groups is 1. The molecule has 0 spiro atoms. The predicted octanol–water partition coefficient (Wildman–Crippen LogP) is 2.33. The number of amides is 1. The molecular weight excluding hydrogens is 350 g/mol. The van der Waals surface area contributed by atoms with Gasteiger partial charge < -0.3 is 15.5 Å². The Bertz CT molecular complexity index is 803. The molecule has 2 atom stereocenters. The number of rotatable bonds is 6. The second-order valence-electron chi connectivity index (χ2n) is 8.36. The monoisotopic (exact) mass is 381 g/mol. The fourth-order valence-electron chi connectivity index (χ4n) is 4.73. The van der Waals surface area contributed by atoms with Crippen LogP contribution in [0, 0.1) is 12.8 Å². The molecule has 2 bridgehead atoms. The van der Waals surface area contributed by atoms with Gasteiger partial charge in [0.05, 0.1) is 5.69 Å². The van der Waals surface area contributed by atoms with Crippen molar-refractivity contribution in [3.63, 3.8) is 0 Å². The first-order valence-electron chi connectivity index (χ1n) is 10.4. The standard InChI is InChI=1S/C22H31N5O/c1-17-12-21(23)27(24-17)16-22(28)26-14-19-9-10-20(26)15-25(13-19)11-5-8-18-6-3-2-4-7-18/h2-4,6-7,12,19-20H,5,8-11,13-16,23H2,1H3/t19-,20+/m1/s1. The van der Waals surface area contributed by atoms with E-state index < -0.39 is 0 Å². The van der Waals surface area contributed by atoms with E-state index in [0.717, 1.165) is 44.7 Å². The summed E-state index contributed by atoms with van der Waals surface area (Å²) in [5.74, 6) is 1.29. The molecule has 0 unspecified atom stereocenters. The van der Waals surface area contributed by atoms with Crippen LogP contribution in [0.2, 0.25) is 0 Å². The minimum Gasteiger partial charge on any atom is -0.384 e. The molecule has 6 nitrogen and oxygen atoms in total. The highest BCUT2D eigenvalue weighted by molar-refractivity contribution is 5.77. The normalized spacial score (nSPS) is 22.4. The zero-order chi connectivity index (χ0) is 19.5. The van der Waals surface area contributed by atoms with Crippen molar-refractivity contribution in [1.29, 1.82) is 0 Å². The highest BCUT2D eigenvalue weighted by atomic mass is 16.2. The van der Waals surface area contributed by atoms with E-state index in [2.05, 4.69) is 45.2 Å². The van der Waals surface area contributed by atoms with Gasteiger partial charge in [-0.15, -0.1) is 0 Å². The zero-order valence-electron chi connectivity index (χ0n) is 16.8. The lowest BCUT2D eigenvalue weighted by Gasteiger charge is -2.36. The van der Waals surface area contributed by atoms with Crippen molar-refractivity contribution in [2.24, 2.45) is 5.92 Å². The number of anilines is 1. The van der Waals surface area contributed by atoms with Crippen LogP contribution in [0.1, 0.15) is 30.5 Å². The van der Waals surface area contributed by atoms with Gasteiger partial charge in [0, 0.05) is 31.7 Å². The fraction of sp³-hybridized carbons (Fsp3) is 0.545. The molecule has 3 aliphatic rings. The van der Waals surface area contributed by atoms with E-state index >= 15 is 0 Å². The van der Waals surface area contributed by atoms with Crippen molar-refractivity contribution in [2.45, 2.75) is 45.2 Å². The smallest absolute Gasteiger partial charge is 0.244 e. The van der Waals surface area contributed by atoms with E-state index in [0.29, 0.717) is 17.8 Å². The van der Waals surface area contributed by atoms with Crippen LogP contribution < -0.4 is 5.73 Å². The van der Waals surface area contributed by atoms with Crippen LogP contribution in [-0.4, -0.2) is 57.7 Å². The molecule has 2 aromatic rings. The Balaban J connectivity index is 1.33. The Morgan fingerprint density at radius 1 is 1.18 bits per heavy atom. The number of piperidine rings is 1. The van der Waals surface area contributed by atoms with E-state index in [1.807, 2.05) is 13.0 Å². The maximum Gasteiger partial charge on any atom is 0.244 e. The number of fused-ring (bicyclic) bond motifs is 4. The van der Waals surface area contributed by atoms with Crippen LogP contribution in [0.3, 0.4) is 0 Å². The average molecular weight is 382 g/mol. The highest BCUT2D eigenvalue weighted by Gasteiger charge is 2.37. The molecule has 2 N–H and O–H groups in total. The van der Waals surface area contributed by atoms with E-state index in [1.165, 1.54) is 18.4 Å². The molecular formula is C22H31N5O. The third-order valence-corrected chi connectivity index (χ3v) is 6.11. The summed E-state index contributed by atoms with van der Waals surface area (Å²) >= 11 is 0. The lowest BCUT2D eigenvalue weighted by atomic mass is 9.95. The van der Waals surface area contributed by atoms with Gasteiger partial charge in [-0.25, -0.2) is 4.68 Å². The minimum atomic E-state index is 0.149. The van der Waals surface area contributed by atoms with Crippen molar-refractivity contribution < 1.29 is 4.79 Å². The first-order valence-corrected chi connectivity index (χ1v) is 10.4. The van der Waals surface area contributed by atoms with Crippen molar-refractivity contribution in [3.05, 3.63) is 47.7 Å². The second-order valence-corrected chi connectivity index (χ2v) is 8.36. The van der Waals surface area contributed by atoms with Crippen molar-refractivity contribution in [1.82, 2.24) is 19.6 Å². The van der Waals surface area contributed by atoms with E-state index in [9.17, 15) is 4.79 Å². The van der Waals surface area contributed by atoms with Crippen molar-refractivity contribution >= 4 is 11.7 Å². The van der Waals surface area contributed by atoms with Gasteiger partial charge >= 0.3 is 0 Å². The van der Waals surface area contributed by atoms with Gasteiger partial charge in [0.25, 0.3) is 0 Å². The van der Waals surface area contributed by atoms with Crippen LogP contribution in [0.4, 0.5) is 5.82 Å². The van der Waals surface area contributed by atoms with Gasteiger partial charge in [-0.1, -0.05) is 30.3 Å². The summed E-state index contributed by atoms with van der Waals surface area (Å²) < 4.78 is 1.63. The molecule has 0 radical (unpaired) electrons. The summed E-state index contributed by atoms with van der Waals surface area (Å²) in [6.45, 7) is 6.23. The Kier molecular flexibility index (Phi) is 5.67. The van der Waals surface area contributed by atoms with E-state index in [4.69, 9.17) is 5.73 Å². The summed E-state index contributed by atoms with van der Waals surface area (Å²) in [5, 5.41) is 4.35. The van der Waals surface area contributed by atoms with Crippen molar-refractivity contribution in [2.75, 3.05) is 31.9 Å². The second kappa shape index (κ2) is 8.35. The highest BCUT2D eigenvalue weighted by Crippen LogP contribution is 2.28. The summed E-state index contributed by atoms with van der Waals surface area (Å²) in [6.07, 6.45) is 4.62. The first kappa shape index (κ1) is 19.0. The third kappa shape index (κ3) is 4.38. The van der Waals surface area contributed by atoms with Gasteiger partial charge in [0.15, 0.2) is 0 Å². The topological polar surface area (TPSA) is 67.4 Å². The van der Waals surface area contributed by atoms with E-state index in [1.54, 1.807) is 4.68 Å². The Morgan fingerprint density at radius 3 is 2.75 bits per heavy atom. The molecule has 1 amide bonds. The SMILES string of the molecule is Cc1cc(N)n(CC(=O)N2C[C@@H]3CC[C@H]2CN(CCCc2ccccc2)C3)n1. The molecule has 5 rings (SSSR count). The molecule has 4 heterocycles. The van der Waals surface area contributed by atoms with E-state index in [-0.39, 0.29) is 12.5 Å². The van der Waals surface area contributed by atoms with Gasteiger partial charge in [-0.2, -0.15) is 5.10 Å².